The summed E-state index contributed by atoms with van der Waals surface area (Å²) in [7, 11) is 0. The minimum Gasteiger partial charge on any atom is -0.396 e. The van der Waals surface area contributed by atoms with Gasteiger partial charge in [0, 0.05) is 17.3 Å². The third kappa shape index (κ3) is 3.56. The number of carbonyl (C=O) groups is 1. The molecule has 3 nitrogen and oxygen atoms in total. The van der Waals surface area contributed by atoms with Crippen molar-refractivity contribution in [2.75, 3.05) is 11.9 Å². The maximum atomic E-state index is 13.5. The quantitative estimate of drug-likeness (QED) is 0.909. The molecule has 0 saturated heterocycles. The molecule has 0 radical (unpaired) electrons. The van der Waals surface area contributed by atoms with E-state index in [1.165, 1.54) is 12.1 Å². The van der Waals surface area contributed by atoms with Gasteiger partial charge in [-0.1, -0.05) is 23.7 Å². The Morgan fingerprint density at radius 2 is 1.90 bits per heavy atom. The molecule has 0 spiro atoms. The van der Waals surface area contributed by atoms with E-state index in [2.05, 4.69) is 5.32 Å². The lowest BCUT2D eigenvalue weighted by molar-refractivity contribution is 0.102. The van der Waals surface area contributed by atoms with E-state index >= 15 is 0 Å². The van der Waals surface area contributed by atoms with Crippen molar-refractivity contribution in [2.45, 2.75) is 6.42 Å². The highest BCUT2D eigenvalue weighted by Crippen LogP contribution is 2.17. The van der Waals surface area contributed by atoms with Crippen molar-refractivity contribution in [3.8, 4) is 0 Å². The Kier molecular flexibility index (Phi) is 4.71. The van der Waals surface area contributed by atoms with Gasteiger partial charge >= 0.3 is 0 Å². The maximum absolute atomic E-state index is 13.5. The standard InChI is InChI=1S/C15H13ClFNO2/c16-11-3-6-14(17)13(9-11)15(20)18-12-4-1-10(2-5-12)7-8-19/h1-6,9,19H,7-8H2,(H,18,20). The predicted octanol–water partition coefficient (Wildman–Crippen LogP) is 3.27. The number of hydrogen-bond acceptors (Lipinski definition) is 2. The lowest BCUT2D eigenvalue weighted by Crippen LogP contribution is -2.13. The fraction of sp³-hybridized carbons (Fsp3) is 0.133. The number of rotatable bonds is 4. The largest absolute Gasteiger partial charge is 0.396 e. The second kappa shape index (κ2) is 6.50. The highest BCUT2D eigenvalue weighted by molar-refractivity contribution is 6.31. The van der Waals surface area contributed by atoms with Crippen molar-refractivity contribution in [1.29, 1.82) is 0 Å². The average molecular weight is 294 g/mol. The Hall–Kier alpha value is -1.91. The molecule has 2 N–H and O–H groups in total. The molecule has 2 aromatic carbocycles. The number of nitrogens with one attached hydrogen (secondary N) is 1. The number of carbonyl (C=O) groups excluding carboxylic acids is 1. The number of halogens is 2. The fourth-order valence-electron chi connectivity index (χ4n) is 1.75. The van der Waals surface area contributed by atoms with Crippen molar-refractivity contribution < 1.29 is 14.3 Å². The summed E-state index contributed by atoms with van der Waals surface area (Å²) in [6.45, 7) is 0.0689. The zero-order valence-electron chi connectivity index (χ0n) is 10.6. The van der Waals surface area contributed by atoms with Crippen LogP contribution in [0, 0.1) is 5.82 Å². The number of benzene rings is 2. The van der Waals surface area contributed by atoms with Crippen LogP contribution in [0.25, 0.3) is 0 Å². The summed E-state index contributed by atoms with van der Waals surface area (Å²) in [6, 6.07) is 10.8. The maximum Gasteiger partial charge on any atom is 0.258 e. The second-order valence-corrected chi connectivity index (χ2v) is 4.69. The van der Waals surface area contributed by atoms with Crippen molar-refractivity contribution >= 4 is 23.2 Å². The van der Waals surface area contributed by atoms with Gasteiger partial charge in [0.05, 0.1) is 5.56 Å². The van der Waals surface area contributed by atoms with Gasteiger partial charge in [0.2, 0.25) is 0 Å². The van der Waals surface area contributed by atoms with E-state index in [0.717, 1.165) is 11.6 Å². The van der Waals surface area contributed by atoms with Crippen LogP contribution in [-0.2, 0) is 6.42 Å². The zero-order chi connectivity index (χ0) is 14.5. The number of amides is 1. The molecule has 0 saturated carbocycles. The van der Waals surface area contributed by atoms with E-state index in [1.54, 1.807) is 24.3 Å². The van der Waals surface area contributed by atoms with Crippen molar-refractivity contribution in [1.82, 2.24) is 0 Å². The normalized spacial score (nSPS) is 10.3. The molecule has 0 aromatic heterocycles. The van der Waals surface area contributed by atoms with Crippen LogP contribution >= 0.6 is 11.6 Å². The highest BCUT2D eigenvalue weighted by atomic mass is 35.5. The number of aliphatic hydroxyl groups is 1. The Morgan fingerprint density at radius 3 is 2.55 bits per heavy atom. The zero-order valence-corrected chi connectivity index (χ0v) is 11.3. The van der Waals surface area contributed by atoms with E-state index in [0.29, 0.717) is 17.1 Å². The molecule has 0 heterocycles. The molecule has 104 valence electrons. The van der Waals surface area contributed by atoms with Gasteiger partial charge in [-0.05, 0) is 42.3 Å². The minimum atomic E-state index is -0.621. The van der Waals surface area contributed by atoms with Crippen molar-refractivity contribution in [3.63, 3.8) is 0 Å². The first-order valence-electron chi connectivity index (χ1n) is 6.06. The first-order chi connectivity index (χ1) is 9.60. The predicted molar refractivity (Wildman–Crippen MR) is 76.6 cm³/mol. The van der Waals surface area contributed by atoms with Crippen LogP contribution in [0.1, 0.15) is 15.9 Å². The molecular weight excluding hydrogens is 281 g/mol. The molecule has 0 aliphatic carbocycles. The summed E-state index contributed by atoms with van der Waals surface area (Å²) in [6.07, 6.45) is 0.553. The average Bonchev–Trinajstić information content (AvgIpc) is 2.44. The summed E-state index contributed by atoms with van der Waals surface area (Å²) < 4.78 is 13.5. The molecule has 1 amide bonds. The lowest BCUT2D eigenvalue weighted by Gasteiger charge is -2.07. The van der Waals surface area contributed by atoms with Gasteiger partial charge in [-0.15, -0.1) is 0 Å². The van der Waals surface area contributed by atoms with Crippen molar-refractivity contribution in [3.05, 3.63) is 64.4 Å². The summed E-state index contributed by atoms with van der Waals surface area (Å²) in [5.74, 6) is -1.18. The van der Waals surface area contributed by atoms with Gasteiger partial charge in [0.1, 0.15) is 5.82 Å². The Bertz CT molecular complexity index is 614. The molecule has 2 aromatic rings. The minimum absolute atomic E-state index is 0.0689. The monoisotopic (exact) mass is 293 g/mol. The summed E-state index contributed by atoms with van der Waals surface area (Å²) in [5.41, 5.74) is 1.41. The molecule has 0 bridgehead atoms. The van der Waals surface area contributed by atoms with E-state index < -0.39 is 11.7 Å². The molecule has 2 rings (SSSR count). The summed E-state index contributed by atoms with van der Waals surface area (Å²) >= 11 is 5.75. The Balaban J connectivity index is 2.13. The number of aliphatic hydroxyl groups excluding tert-OH is 1. The molecule has 0 aliphatic rings. The Labute approximate surface area is 121 Å². The molecule has 0 unspecified atom stereocenters. The van der Waals surface area contributed by atoms with Gasteiger partial charge < -0.3 is 10.4 Å². The van der Waals surface area contributed by atoms with Gasteiger partial charge in [0.25, 0.3) is 5.91 Å². The van der Waals surface area contributed by atoms with Crippen LogP contribution < -0.4 is 5.32 Å². The SMILES string of the molecule is O=C(Nc1ccc(CCO)cc1)c1cc(Cl)ccc1F. The smallest absolute Gasteiger partial charge is 0.258 e. The molecule has 0 fully saturated rings. The van der Waals surface area contributed by atoms with E-state index in [-0.39, 0.29) is 12.2 Å². The topological polar surface area (TPSA) is 49.3 Å². The van der Waals surface area contributed by atoms with Crippen LogP contribution in [0.15, 0.2) is 42.5 Å². The first-order valence-corrected chi connectivity index (χ1v) is 6.44. The van der Waals surface area contributed by atoms with Gasteiger partial charge in [-0.2, -0.15) is 0 Å². The Morgan fingerprint density at radius 1 is 1.20 bits per heavy atom. The first kappa shape index (κ1) is 14.5. The van der Waals surface area contributed by atoms with Crippen molar-refractivity contribution in [2.24, 2.45) is 0 Å². The fourth-order valence-corrected chi connectivity index (χ4v) is 1.93. The number of hydrogen-bond donors (Lipinski definition) is 2. The molecule has 0 aliphatic heterocycles. The number of anilines is 1. The third-order valence-electron chi connectivity index (χ3n) is 2.79. The molecule has 5 heteroatoms. The molecule has 0 atom stereocenters. The van der Waals surface area contributed by atoms with E-state index in [9.17, 15) is 9.18 Å². The van der Waals surface area contributed by atoms with Gasteiger partial charge in [0.15, 0.2) is 0 Å². The summed E-state index contributed by atoms with van der Waals surface area (Å²) in [4.78, 5) is 11.9. The van der Waals surface area contributed by atoms with Crippen LogP contribution in [0.4, 0.5) is 10.1 Å². The van der Waals surface area contributed by atoms with Crippen LogP contribution in [0.3, 0.4) is 0 Å². The van der Waals surface area contributed by atoms with Crippen LogP contribution in [0.5, 0.6) is 0 Å². The van der Waals surface area contributed by atoms with E-state index in [1.807, 2.05) is 0 Å². The second-order valence-electron chi connectivity index (χ2n) is 4.25. The molecule has 20 heavy (non-hydrogen) atoms. The third-order valence-corrected chi connectivity index (χ3v) is 3.02. The summed E-state index contributed by atoms with van der Waals surface area (Å²) in [5, 5.41) is 11.7. The van der Waals surface area contributed by atoms with Gasteiger partial charge in [-0.3, -0.25) is 4.79 Å². The lowest BCUT2D eigenvalue weighted by atomic mass is 10.1. The van der Waals surface area contributed by atoms with E-state index in [4.69, 9.17) is 16.7 Å². The van der Waals surface area contributed by atoms with Crippen LogP contribution in [0.2, 0.25) is 5.02 Å². The molecular formula is C15H13ClFNO2. The van der Waals surface area contributed by atoms with Crippen LogP contribution in [-0.4, -0.2) is 17.6 Å². The van der Waals surface area contributed by atoms with Gasteiger partial charge in [-0.25, -0.2) is 4.39 Å². The highest BCUT2D eigenvalue weighted by Gasteiger charge is 2.12.